The van der Waals surface area contributed by atoms with Crippen LogP contribution in [0.5, 0.6) is 0 Å². The van der Waals surface area contributed by atoms with E-state index in [0.29, 0.717) is 19.6 Å². The number of amides is 1. The van der Waals surface area contributed by atoms with Crippen molar-refractivity contribution in [2.75, 3.05) is 26.7 Å². The third-order valence-electron chi connectivity index (χ3n) is 4.14. The summed E-state index contributed by atoms with van der Waals surface area (Å²) in [5.41, 5.74) is 1.98. The Labute approximate surface area is 143 Å². The van der Waals surface area contributed by atoms with E-state index in [1.54, 1.807) is 11.0 Å². The number of carbonyl (C=O) groups excluding carboxylic acids is 1. The van der Waals surface area contributed by atoms with Crippen LogP contribution in [-0.4, -0.2) is 46.2 Å². The fourth-order valence-corrected chi connectivity index (χ4v) is 3.48. The van der Waals surface area contributed by atoms with E-state index in [4.69, 9.17) is 0 Å². The normalized spacial score (nSPS) is 16.5. The molecule has 0 atom stereocenters. The number of hydrogen-bond donors (Lipinski definition) is 1. The average Bonchev–Trinajstić information content (AvgIpc) is 2.59. The highest BCUT2D eigenvalue weighted by molar-refractivity contribution is 7.92. The third kappa shape index (κ3) is 5.65. The largest absolute Gasteiger partial charge is 0.453 e. The summed E-state index contributed by atoms with van der Waals surface area (Å²) in [6.07, 6.45) is 2.79. The summed E-state index contributed by atoms with van der Waals surface area (Å²) in [6.45, 7) is 3.56. The number of ether oxygens (including phenoxy) is 1. The van der Waals surface area contributed by atoms with E-state index < -0.39 is 10.0 Å². The molecule has 1 N–H and O–H groups in total. The fourth-order valence-electron chi connectivity index (χ4n) is 2.58. The van der Waals surface area contributed by atoms with Crippen molar-refractivity contribution in [2.24, 2.45) is 5.92 Å². The van der Waals surface area contributed by atoms with Gasteiger partial charge in [-0.1, -0.05) is 29.8 Å². The summed E-state index contributed by atoms with van der Waals surface area (Å²) >= 11 is 0. The van der Waals surface area contributed by atoms with E-state index in [0.717, 1.165) is 24.0 Å². The minimum absolute atomic E-state index is 0.230. The Hall–Kier alpha value is -1.86. The summed E-state index contributed by atoms with van der Waals surface area (Å²) in [7, 11) is -2.10. The van der Waals surface area contributed by atoms with Crippen molar-refractivity contribution < 1.29 is 17.9 Å². The molecule has 1 aromatic rings. The minimum Gasteiger partial charge on any atom is -0.453 e. The van der Waals surface area contributed by atoms with Crippen molar-refractivity contribution in [1.82, 2.24) is 9.62 Å². The van der Waals surface area contributed by atoms with Crippen molar-refractivity contribution in [3.63, 3.8) is 0 Å². The summed E-state index contributed by atoms with van der Waals surface area (Å²) in [6, 6.07) is 7.64. The number of sulfonamides is 1. The number of piperidine rings is 1. The Balaban J connectivity index is 1.81. The lowest BCUT2D eigenvalue weighted by molar-refractivity contribution is 0.106. The standard InChI is InChI=1S/C17H24N2O4S/c1-14-3-5-15(6-4-14)9-12-24(21,22)18-13-16-7-10-19(11-8-16)17(20)23-2/h3-6,9,12,16,18H,7-8,10-11,13H2,1-2H3. The summed E-state index contributed by atoms with van der Waals surface area (Å²) < 4.78 is 31.4. The van der Waals surface area contributed by atoms with Gasteiger partial charge in [0.25, 0.3) is 0 Å². The number of nitrogens with zero attached hydrogens (tertiary/aromatic N) is 1. The number of benzene rings is 1. The molecule has 0 saturated carbocycles. The topological polar surface area (TPSA) is 75.7 Å². The molecular formula is C17H24N2O4S. The predicted molar refractivity (Wildman–Crippen MR) is 93.8 cm³/mol. The molecule has 6 nitrogen and oxygen atoms in total. The summed E-state index contributed by atoms with van der Waals surface area (Å²) in [4.78, 5) is 13.1. The number of hydrogen-bond acceptors (Lipinski definition) is 4. The van der Waals surface area contributed by atoms with Crippen LogP contribution in [0.25, 0.3) is 6.08 Å². The van der Waals surface area contributed by atoms with Crippen LogP contribution in [0.3, 0.4) is 0 Å². The zero-order chi connectivity index (χ0) is 17.6. The highest BCUT2D eigenvalue weighted by atomic mass is 32.2. The smallest absolute Gasteiger partial charge is 0.409 e. The van der Waals surface area contributed by atoms with E-state index in [9.17, 15) is 13.2 Å². The van der Waals surface area contributed by atoms with E-state index in [-0.39, 0.29) is 12.0 Å². The maximum atomic E-state index is 12.0. The second-order valence-electron chi connectivity index (χ2n) is 6.01. The van der Waals surface area contributed by atoms with Crippen molar-refractivity contribution in [2.45, 2.75) is 19.8 Å². The van der Waals surface area contributed by atoms with Gasteiger partial charge >= 0.3 is 6.09 Å². The Morgan fingerprint density at radius 3 is 2.50 bits per heavy atom. The molecule has 1 amide bonds. The van der Waals surface area contributed by atoms with Crippen LogP contribution in [0.2, 0.25) is 0 Å². The molecule has 0 bridgehead atoms. The quantitative estimate of drug-likeness (QED) is 0.883. The zero-order valence-electron chi connectivity index (χ0n) is 14.1. The molecule has 7 heteroatoms. The summed E-state index contributed by atoms with van der Waals surface area (Å²) in [5, 5.41) is 1.20. The van der Waals surface area contributed by atoms with Crippen molar-refractivity contribution in [1.29, 1.82) is 0 Å². The molecule has 132 valence electrons. The minimum atomic E-state index is -3.46. The third-order valence-corrected chi connectivity index (χ3v) is 5.20. The Bertz CT molecular complexity index is 675. The lowest BCUT2D eigenvalue weighted by Gasteiger charge is -2.30. The molecule has 0 aromatic heterocycles. The molecule has 2 rings (SSSR count). The van der Waals surface area contributed by atoms with Crippen molar-refractivity contribution in [3.05, 3.63) is 40.8 Å². The van der Waals surface area contributed by atoms with Gasteiger partial charge in [0.2, 0.25) is 10.0 Å². The fraction of sp³-hybridized carbons (Fsp3) is 0.471. The van der Waals surface area contributed by atoms with Crippen LogP contribution >= 0.6 is 0 Å². The maximum Gasteiger partial charge on any atom is 0.409 e. The van der Waals surface area contributed by atoms with Crippen LogP contribution in [0.4, 0.5) is 4.79 Å². The lowest BCUT2D eigenvalue weighted by atomic mass is 9.97. The molecule has 0 spiro atoms. The van der Waals surface area contributed by atoms with Gasteiger partial charge in [-0.05, 0) is 37.3 Å². The second-order valence-corrected chi connectivity index (χ2v) is 7.66. The van der Waals surface area contributed by atoms with Gasteiger partial charge in [-0.25, -0.2) is 17.9 Å². The molecule has 1 saturated heterocycles. The van der Waals surface area contributed by atoms with Gasteiger partial charge in [-0.15, -0.1) is 0 Å². The molecule has 1 fully saturated rings. The first-order chi connectivity index (χ1) is 11.4. The Morgan fingerprint density at radius 2 is 1.92 bits per heavy atom. The molecular weight excluding hydrogens is 328 g/mol. The second kappa shape index (κ2) is 8.30. The first kappa shape index (κ1) is 18.5. The van der Waals surface area contributed by atoms with Gasteiger partial charge in [0.1, 0.15) is 0 Å². The molecule has 1 aliphatic heterocycles. The maximum absolute atomic E-state index is 12.0. The van der Waals surface area contributed by atoms with E-state index in [1.165, 1.54) is 12.5 Å². The molecule has 1 aromatic carbocycles. The van der Waals surface area contributed by atoms with Crippen molar-refractivity contribution >= 4 is 22.2 Å². The molecule has 1 heterocycles. The van der Waals surface area contributed by atoms with Gasteiger partial charge in [0, 0.05) is 25.0 Å². The molecule has 0 aliphatic carbocycles. The first-order valence-corrected chi connectivity index (χ1v) is 9.51. The van der Waals surface area contributed by atoms with Gasteiger partial charge in [-0.2, -0.15) is 0 Å². The number of likely N-dealkylation sites (tertiary alicyclic amines) is 1. The van der Waals surface area contributed by atoms with Crippen LogP contribution in [-0.2, 0) is 14.8 Å². The lowest BCUT2D eigenvalue weighted by Crippen LogP contribution is -2.41. The number of rotatable bonds is 5. The van der Waals surface area contributed by atoms with E-state index >= 15 is 0 Å². The van der Waals surface area contributed by atoms with Gasteiger partial charge in [-0.3, -0.25) is 0 Å². The predicted octanol–water partition coefficient (Wildman–Crippen LogP) is 2.36. The zero-order valence-corrected chi connectivity index (χ0v) is 14.9. The van der Waals surface area contributed by atoms with Gasteiger partial charge < -0.3 is 9.64 Å². The van der Waals surface area contributed by atoms with E-state index in [2.05, 4.69) is 9.46 Å². The van der Waals surface area contributed by atoms with Crippen LogP contribution in [0.1, 0.15) is 24.0 Å². The first-order valence-electron chi connectivity index (χ1n) is 7.97. The number of carbonyl (C=O) groups is 1. The number of methoxy groups -OCH3 is 1. The van der Waals surface area contributed by atoms with Gasteiger partial charge in [0.05, 0.1) is 7.11 Å². The Kier molecular flexibility index (Phi) is 6.39. The van der Waals surface area contributed by atoms with Gasteiger partial charge in [0.15, 0.2) is 0 Å². The number of nitrogens with one attached hydrogen (secondary N) is 1. The molecule has 1 aliphatic rings. The Morgan fingerprint density at radius 1 is 1.29 bits per heavy atom. The SMILES string of the molecule is COC(=O)N1CCC(CNS(=O)(=O)C=Cc2ccc(C)cc2)CC1. The van der Waals surface area contributed by atoms with Crippen LogP contribution in [0.15, 0.2) is 29.7 Å². The van der Waals surface area contributed by atoms with Crippen LogP contribution < -0.4 is 4.72 Å². The van der Waals surface area contributed by atoms with Crippen molar-refractivity contribution in [3.8, 4) is 0 Å². The summed E-state index contributed by atoms with van der Waals surface area (Å²) in [5.74, 6) is 0.230. The molecule has 0 unspecified atom stereocenters. The van der Waals surface area contributed by atoms with E-state index in [1.807, 2.05) is 31.2 Å². The average molecular weight is 352 g/mol. The van der Waals surface area contributed by atoms with Crippen LogP contribution in [0, 0.1) is 12.8 Å². The highest BCUT2D eigenvalue weighted by Gasteiger charge is 2.23. The molecule has 24 heavy (non-hydrogen) atoms. The monoisotopic (exact) mass is 352 g/mol. The number of aryl methyl sites for hydroxylation is 1. The molecule has 0 radical (unpaired) electrons. The highest BCUT2D eigenvalue weighted by Crippen LogP contribution is 2.17.